The highest BCUT2D eigenvalue weighted by Crippen LogP contribution is 2.19. The van der Waals surface area contributed by atoms with Crippen molar-refractivity contribution in [3.63, 3.8) is 0 Å². The number of halogens is 1. The van der Waals surface area contributed by atoms with Gasteiger partial charge in [-0.05, 0) is 48.9 Å². The summed E-state index contributed by atoms with van der Waals surface area (Å²) in [6, 6.07) is 11.5. The number of nitrogen functional groups attached to an aromatic ring is 1. The lowest BCUT2D eigenvalue weighted by Gasteiger charge is -2.08. The van der Waals surface area contributed by atoms with Crippen LogP contribution in [0.15, 0.2) is 42.5 Å². The van der Waals surface area contributed by atoms with Gasteiger partial charge in [-0.25, -0.2) is 4.79 Å². The predicted octanol–water partition coefficient (Wildman–Crippen LogP) is 3.22. The van der Waals surface area contributed by atoms with Crippen molar-refractivity contribution in [2.75, 3.05) is 11.1 Å². The number of aromatic nitrogens is 3. The minimum atomic E-state index is -0.614. The van der Waals surface area contributed by atoms with Gasteiger partial charge < -0.3 is 20.9 Å². The van der Waals surface area contributed by atoms with Crippen LogP contribution in [-0.2, 0) is 11.3 Å². The molecule has 1 aromatic heterocycles. The fourth-order valence-corrected chi connectivity index (χ4v) is 2.30. The zero-order valence-corrected chi connectivity index (χ0v) is 15.1. The maximum absolute atomic E-state index is 12.1. The van der Waals surface area contributed by atoms with E-state index < -0.39 is 5.97 Å². The van der Waals surface area contributed by atoms with Gasteiger partial charge in [-0.2, -0.15) is 15.0 Å². The van der Waals surface area contributed by atoms with Gasteiger partial charge in [-0.15, -0.1) is 0 Å². The predicted molar refractivity (Wildman–Crippen MR) is 101 cm³/mol. The number of carbonyl (C=O) groups excluding carboxylic acids is 1. The largest absolute Gasteiger partial charge is 0.508 e. The molecule has 3 aromatic rings. The summed E-state index contributed by atoms with van der Waals surface area (Å²) in [4.78, 5) is 24.2. The molecule has 0 unspecified atom stereocenters. The fraction of sp³-hybridized carbons (Fsp3) is 0.111. The zero-order valence-electron chi connectivity index (χ0n) is 14.3. The molecular formula is C18H16ClN5O3. The van der Waals surface area contributed by atoms with Gasteiger partial charge in [0.1, 0.15) is 5.75 Å². The van der Waals surface area contributed by atoms with Crippen LogP contribution in [0, 0.1) is 6.92 Å². The van der Waals surface area contributed by atoms with Crippen molar-refractivity contribution in [2.24, 2.45) is 0 Å². The first-order valence-corrected chi connectivity index (χ1v) is 8.28. The zero-order chi connectivity index (χ0) is 19.4. The topological polar surface area (TPSA) is 123 Å². The van der Waals surface area contributed by atoms with Gasteiger partial charge in [-0.3, -0.25) is 0 Å². The van der Waals surface area contributed by atoms with E-state index in [1.807, 2.05) is 0 Å². The number of hydrogen-bond donors (Lipinski definition) is 3. The van der Waals surface area contributed by atoms with E-state index in [1.165, 1.54) is 6.07 Å². The molecule has 0 radical (unpaired) electrons. The first-order valence-electron chi connectivity index (χ1n) is 7.90. The van der Waals surface area contributed by atoms with Gasteiger partial charge in [0.25, 0.3) is 0 Å². The minimum Gasteiger partial charge on any atom is -0.508 e. The number of aromatic hydroxyl groups is 1. The van der Waals surface area contributed by atoms with Gasteiger partial charge >= 0.3 is 5.97 Å². The molecule has 0 saturated carbocycles. The number of anilines is 3. The van der Waals surface area contributed by atoms with E-state index >= 15 is 0 Å². The van der Waals surface area contributed by atoms with Crippen molar-refractivity contribution >= 4 is 35.2 Å². The van der Waals surface area contributed by atoms with E-state index in [1.54, 1.807) is 43.3 Å². The average molecular weight is 386 g/mol. The summed E-state index contributed by atoms with van der Waals surface area (Å²) in [6.07, 6.45) is 0. The Balaban J connectivity index is 1.69. The van der Waals surface area contributed by atoms with Gasteiger partial charge in [0.15, 0.2) is 12.4 Å². The molecule has 27 heavy (non-hydrogen) atoms. The molecule has 0 atom stereocenters. The second-order valence-corrected chi connectivity index (χ2v) is 6.08. The van der Waals surface area contributed by atoms with Crippen LogP contribution in [0.2, 0.25) is 5.02 Å². The normalized spacial score (nSPS) is 10.4. The smallest absolute Gasteiger partial charge is 0.338 e. The Hall–Kier alpha value is -3.39. The molecular weight excluding hydrogens is 370 g/mol. The Kier molecular flexibility index (Phi) is 5.37. The third-order valence-electron chi connectivity index (χ3n) is 3.58. The maximum atomic E-state index is 12.1. The molecule has 9 heteroatoms. The second kappa shape index (κ2) is 7.88. The number of rotatable bonds is 5. The van der Waals surface area contributed by atoms with Crippen LogP contribution >= 0.6 is 11.6 Å². The standard InChI is InChI=1S/C18H16ClN5O3/c1-10-2-3-11(8-14(10)25)16(26)27-9-15-22-17(20)24-18(23-15)21-13-6-4-12(19)5-7-13/h2-8,25H,9H2,1H3,(H3,20,21,22,23,24). The molecule has 138 valence electrons. The molecule has 8 nitrogen and oxygen atoms in total. The summed E-state index contributed by atoms with van der Waals surface area (Å²) < 4.78 is 5.18. The van der Waals surface area contributed by atoms with Crippen LogP contribution in [0.3, 0.4) is 0 Å². The number of esters is 1. The van der Waals surface area contributed by atoms with Crippen LogP contribution in [0.5, 0.6) is 5.75 Å². The number of phenolic OH excluding ortho intramolecular Hbond substituents is 1. The summed E-state index contributed by atoms with van der Waals surface area (Å²) in [5.74, 6) is -0.215. The van der Waals surface area contributed by atoms with Gasteiger partial charge in [-0.1, -0.05) is 17.7 Å². The quantitative estimate of drug-likeness (QED) is 0.572. The summed E-state index contributed by atoms with van der Waals surface area (Å²) in [6.45, 7) is 1.53. The highest BCUT2D eigenvalue weighted by Gasteiger charge is 2.12. The third-order valence-corrected chi connectivity index (χ3v) is 3.83. The minimum absolute atomic E-state index is 0.0134. The second-order valence-electron chi connectivity index (χ2n) is 5.64. The van der Waals surface area contributed by atoms with Crippen LogP contribution in [0.1, 0.15) is 21.7 Å². The first kappa shape index (κ1) is 18.4. The van der Waals surface area contributed by atoms with E-state index in [0.29, 0.717) is 16.3 Å². The van der Waals surface area contributed by atoms with Crippen LogP contribution in [0.4, 0.5) is 17.6 Å². The van der Waals surface area contributed by atoms with Crippen molar-refractivity contribution in [1.82, 2.24) is 15.0 Å². The Morgan fingerprint density at radius 2 is 1.93 bits per heavy atom. The number of nitrogens with one attached hydrogen (secondary N) is 1. The number of hydrogen-bond acceptors (Lipinski definition) is 8. The SMILES string of the molecule is Cc1ccc(C(=O)OCc2nc(N)nc(Nc3ccc(Cl)cc3)n2)cc1O. The van der Waals surface area contributed by atoms with Crippen LogP contribution in [-0.4, -0.2) is 26.0 Å². The molecule has 0 amide bonds. The summed E-state index contributed by atoms with van der Waals surface area (Å²) in [5.41, 5.74) is 7.29. The number of phenols is 1. The number of aryl methyl sites for hydroxylation is 1. The van der Waals surface area contributed by atoms with Crippen LogP contribution in [0.25, 0.3) is 0 Å². The third kappa shape index (κ3) is 4.83. The summed E-state index contributed by atoms with van der Waals surface area (Å²) in [7, 11) is 0. The Morgan fingerprint density at radius 1 is 1.19 bits per heavy atom. The first-order chi connectivity index (χ1) is 12.9. The highest BCUT2D eigenvalue weighted by atomic mass is 35.5. The molecule has 4 N–H and O–H groups in total. The number of nitrogens with two attached hydrogens (primary N) is 1. The molecule has 0 fully saturated rings. The maximum Gasteiger partial charge on any atom is 0.338 e. The highest BCUT2D eigenvalue weighted by molar-refractivity contribution is 6.30. The lowest BCUT2D eigenvalue weighted by molar-refractivity contribution is 0.0461. The molecule has 3 rings (SSSR count). The summed E-state index contributed by atoms with van der Waals surface area (Å²) >= 11 is 5.85. The molecule has 0 aliphatic rings. The van der Waals surface area contributed by atoms with Crippen LogP contribution < -0.4 is 11.1 Å². The molecule has 2 aromatic carbocycles. The Labute approximate surface area is 160 Å². The van der Waals surface area contributed by atoms with E-state index in [0.717, 1.165) is 0 Å². The molecule has 0 bridgehead atoms. The van der Waals surface area contributed by atoms with Crippen molar-refractivity contribution in [1.29, 1.82) is 0 Å². The monoisotopic (exact) mass is 385 g/mol. The number of benzene rings is 2. The fourth-order valence-electron chi connectivity index (χ4n) is 2.17. The van der Waals surface area contributed by atoms with Gasteiger partial charge in [0, 0.05) is 10.7 Å². The molecule has 0 spiro atoms. The molecule has 0 saturated heterocycles. The van der Waals surface area contributed by atoms with Crippen molar-refractivity contribution in [3.05, 3.63) is 64.4 Å². The van der Waals surface area contributed by atoms with Crippen molar-refractivity contribution in [3.8, 4) is 5.75 Å². The van der Waals surface area contributed by atoms with Gasteiger partial charge in [0.05, 0.1) is 5.56 Å². The van der Waals surface area contributed by atoms with Crippen molar-refractivity contribution in [2.45, 2.75) is 13.5 Å². The van der Waals surface area contributed by atoms with Gasteiger partial charge in [0.2, 0.25) is 11.9 Å². The van der Waals surface area contributed by atoms with E-state index in [-0.39, 0.29) is 35.6 Å². The Bertz CT molecular complexity index is 979. The Morgan fingerprint density at radius 3 is 2.63 bits per heavy atom. The summed E-state index contributed by atoms with van der Waals surface area (Å²) in [5, 5.41) is 13.3. The lowest BCUT2D eigenvalue weighted by atomic mass is 10.1. The van der Waals surface area contributed by atoms with E-state index in [9.17, 15) is 9.90 Å². The lowest BCUT2D eigenvalue weighted by Crippen LogP contribution is -2.11. The van der Waals surface area contributed by atoms with E-state index in [2.05, 4.69) is 20.3 Å². The van der Waals surface area contributed by atoms with E-state index in [4.69, 9.17) is 22.1 Å². The average Bonchev–Trinajstić information content (AvgIpc) is 2.63. The number of ether oxygens (including phenoxy) is 1. The number of nitrogens with zero attached hydrogens (tertiary/aromatic N) is 3. The molecule has 1 heterocycles. The molecule has 0 aliphatic carbocycles. The molecule has 0 aliphatic heterocycles. The van der Waals surface area contributed by atoms with Crippen molar-refractivity contribution < 1.29 is 14.6 Å². The number of carbonyl (C=O) groups is 1.